The Hall–Kier alpha value is -2.67. The van der Waals surface area contributed by atoms with E-state index in [1.807, 2.05) is 5.10 Å². The first-order chi connectivity index (χ1) is 13.7. The molecule has 3 aromatic heterocycles. The Morgan fingerprint density at radius 1 is 1.24 bits per heavy atom. The maximum Gasteiger partial charge on any atom is 0.432 e. The lowest BCUT2D eigenvalue weighted by atomic mass is 10.1. The molecule has 3 aromatic rings. The Bertz CT molecular complexity index is 1100. The van der Waals surface area contributed by atoms with E-state index in [0.29, 0.717) is 5.89 Å². The van der Waals surface area contributed by atoms with Crippen molar-refractivity contribution in [1.29, 1.82) is 0 Å². The summed E-state index contributed by atoms with van der Waals surface area (Å²) in [4.78, 5) is 4.21. The minimum atomic E-state index is -4.60. The Labute approximate surface area is 162 Å². The molecule has 1 fully saturated rings. The van der Waals surface area contributed by atoms with Crippen LogP contribution in [0.1, 0.15) is 49.0 Å². The maximum atomic E-state index is 12.6. The smallest absolute Gasteiger partial charge is 0.432 e. The minimum absolute atomic E-state index is 0.125. The van der Waals surface area contributed by atoms with Crippen LogP contribution >= 0.6 is 0 Å². The van der Waals surface area contributed by atoms with Crippen molar-refractivity contribution in [3.63, 3.8) is 0 Å². The molecule has 0 aromatic carbocycles. The third kappa shape index (κ3) is 4.19. The van der Waals surface area contributed by atoms with E-state index >= 15 is 0 Å². The van der Waals surface area contributed by atoms with E-state index in [9.17, 15) is 21.6 Å². The maximum absolute atomic E-state index is 12.6. The summed E-state index contributed by atoms with van der Waals surface area (Å²) in [7, 11) is -4.08. The second-order valence-electron chi connectivity index (χ2n) is 6.64. The second-order valence-corrected chi connectivity index (χ2v) is 8.34. The zero-order valence-electron chi connectivity index (χ0n) is 14.9. The van der Waals surface area contributed by atoms with Gasteiger partial charge in [0.1, 0.15) is 11.4 Å². The van der Waals surface area contributed by atoms with Crippen LogP contribution in [0.15, 0.2) is 32.2 Å². The van der Waals surface area contributed by atoms with Crippen LogP contribution < -0.4 is 4.72 Å². The summed E-state index contributed by atoms with van der Waals surface area (Å²) in [5.74, 6) is 0.761. The quantitative estimate of drug-likeness (QED) is 0.613. The highest BCUT2D eigenvalue weighted by Crippen LogP contribution is 2.33. The molecule has 3 heterocycles. The molecule has 9 nitrogen and oxygen atoms in total. The van der Waals surface area contributed by atoms with Gasteiger partial charge in [0, 0.05) is 5.92 Å². The van der Waals surface area contributed by atoms with E-state index in [1.54, 1.807) is 0 Å². The molecule has 0 unspecified atom stereocenters. The lowest BCUT2D eigenvalue weighted by molar-refractivity contribution is -0.141. The predicted octanol–water partition coefficient (Wildman–Crippen LogP) is 3.21. The van der Waals surface area contributed by atoms with Gasteiger partial charge in [0.05, 0.1) is 6.54 Å². The zero-order valence-corrected chi connectivity index (χ0v) is 15.7. The van der Waals surface area contributed by atoms with Gasteiger partial charge >= 0.3 is 6.18 Å². The summed E-state index contributed by atoms with van der Waals surface area (Å²) in [5.41, 5.74) is -1.24. The van der Waals surface area contributed by atoms with Gasteiger partial charge in [0.15, 0.2) is 11.6 Å². The Kier molecular flexibility index (Phi) is 4.94. The summed E-state index contributed by atoms with van der Waals surface area (Å²) >= 11 is 0. The lowest BCUT2D eigenvalue weighted by Crippen LogP contribution is -2.23. The van der Waals surface area contributed by atoms with Gasteiger partial charge in [-0.25, -0.2) is 13.1 Å². The van der Waals surface area contributed by atoms with Crippen LogP contribution in [-0.4, -0.2) is 28.8 Å². The number of hydrogen-bond acceptors (Lipinski definition) is 7. The Morgan fingerprint density at radius 2 is 2.00 bits per heavy atom. The summed E-state index contributed by atoms with van der Waals surface area (Å²) in [6.45, 7) is -0.213. The van der Waals surface area contributed by atoms with Crippen molar-refractivity contribution in [3.8, 4) is 11.5 Å². The number of sulfonamides is 1. The number of rotatable bonds is 6. The number of aromatic amines is 1. The van der Waals surface area contributed by atoms with Crippen LogP contribution in [0, 0.1) is 0 Å². The fraction of sp³-hybridized carbons (Fsp3) is 0.438. The first-order valence-electron chi connectivity index (χ1n) is 8.77. The van der Waals surface area contributed by atoms with Gasteiger partial charge in [-0.1, -0.05) is 18.0 Å². The number of aromatic nitrogens is 4. The zero-order chi connectivity index (χ0) is 20.6. The van der Waals surface area contributed by atoms with E-state index in [2.05, 4.69) is 20.0 Å². The summed E-state index contributed by atoms with van der Waals surface area (Å²) in [5, 5.41) is 8.64. The van der Waals surface area contributed by atoms with Gasteiger partial charge < -0.3 is 8.94 Å². The number of H-pyrrole nitrogens is 1. The fourth-order valence-corrected chi connectivity index (χ4v) is 4.01. The summed E-state index contributed by atoms with van der Waals surface area (Å²) in [6.07, 6.45) is -0.486. The summed E-state index contributed by atoms with van der Waals surface area (Å²) in [6, 6.07) is 3.07. The monoisotopic (exact) mass is 431 g/mol. The molecule has 156 valence electrons. The summed E-state index contributed by atoms with van der Waals surface area (Å²) < 4.78 is 75.3. The van der Waals surface area contributed by atoms with Crippen LogP contribution in [0.4, 0.5) is 13.2 Å². The fourth-order valence-electron chi connectivity index (χ4n) is 3.10. The van der Waals surface area contributed by atoms with Gasteiger partial charge in [-0.15, -0.1) is 0 Å². The normalized spacial score (nSPS) is 16.0. The molecule has 0 radical (unpaired) electrons. The molecule has 0 saturated heterocycles. The number of hydrogen-bond donors (Lipinski definition) is 2. The van der Waals surface area contributed by atoms with Gasteiger partial charge in [0.2, 0.25) is 11.0 Å². The molecule has 0 amide bonds. The van der Waals surface area contributed by atoms with Crippen LogP contribution in [0.2, 0.25) is 0 Å². The van der Waals surface area contributed by atoms with E-state index in [0.717, 1.165) is 37.8 Å². The molecule has 29 heavy (non-hydrogen) atoms. The van der Waals surface area contributed by atoms with Crippen molar-refractivity contribution in [2.45, 2.75) is 49.4 Å². The second kappa shape index (κ2) is 7.30. The largest absolute Gasteiger partial charge is 0.442 e. The molecule has 0 spiro atoms. The third-order valence-corrected chi connectivity index (χ3v) is 5.86. The number of furan rings is 1. The van der Waals surface area contributed by atoms with Gasteiger partial charge in [-0.05, 0) is 31.0 Å². The third-order valence-electron chi connectivity index (χ3n) is 4.59. The SMILES string of the molecule is O=S(=O)(NCc1noc(C2CCCC2)n1)c1ccc(-c2cc(C(F)(F)F)[nH]n2)o1. The molecule has 0 bridgehead atoms. The molecule has 13 heteroatoms. The van der Waals surface area contributed by atoms with Crippen molar-refractivity contribution in [2.75, 3.05) is 0 Å². The minimum Gasteiger partial charge on any atom is -0.442 e. The molecular weight excluding hydrogens is 415 g/mol. The van der Waals surface area contributed by atoms with E-state index in [-0.39, 0.29) is 29.7 Å². The molecule has 1 aliphatic carbocycles. The molecule has 2 N–H and O–H groups in total. The molecule has 0 aliphatic heterocycles. The highest BCUT2D eigenvalue weighted by atomic mass is 32.2. The highest BCUT2D eigenvalue weighted by molar-refractivity contribution is 7.89. The number of nitrogens with one attached hydrogen (secondary N) is 2. The van der Waals surface area contributed by atoms with E-state index in [4.69, 9.17) is 8.94 Å². The molecular formula is C16H16F3N5O4S. The van der Waals surface area contributed by atoms with E-state index < -0.39 is 27.0 Å². The van der Waals surface area contributed by atoms with Crippen molar-refractivity contribution >= 4 is 10.0 Å². The number of halogens is 3. The molecule has 1 saturated carbocycles. The Morgan fingerprint density at radius 3 is 2.69 bits per heavy atom. The molecule has 0 atom stereocenters. The van der Waals surface area contributed by atoms with Gasteiger partial charge in [-0.3, -0.25) is 5.10 Å². The predicted molar refractivity (Wildman–Crippen MR) is 90.8 cm³/mol. The topological polar surface area (TPSA) is 127 Å². The number of nitrogens with zero attached hydrogens (tertiary/aromatic N) is 3. The molecule has 1 aliphatic rings. The lowest BCUT2D eigenvalue weighted by Gasteiger charge is -2.01. The van der Waals surface area contributed by atoms with Crippen molar-refractivity contribution in [2.24, 2.45) is 0 Å². The van der Waals surface area contributed by atoms with Crippen LogP contribution in [0.25, 0.3) is 11.5 Å². The van der Waals surface area contributed by atoms with Crippen molar-refractivity contribution < 1.29 is 30.5 Å². The van der Waals surface area contributed by atoms with Crippen LogP contribution in [0.5, 0.6) is 0 Å². The standard InChI is InChI=1S/C16H16F3N5O4S/c17-16(18,19)12-7-10(22-23-12)11-5-6-14(27-11)29(25,26)20-8-13-21-15(28-24-13)9-3-1-2-4-9/h5-7,9,20H,1-4,8H2,(H,22,23). The first-order valence-corrected chi connectivity index (χ1v) is 10.3. The first kappa shape index (κ1) is 19.6. The van der Waals surface area contributed by atoms with Gasteiger partial charge in [-0.2, -0.15) is 23.3 Å². The average Bonchev–Trinajstić information content (AvgIpc) is 3.47. The highest BCUT2D eigenvalue weighted by Gasteiger charge is 2.33. The van der Waals surface area contributed by atoms with Crippen LogP contribution in [0.3, 0.4) is 0 Å². The van der Waals surface area contributed by atoms with Crippen molar-refractivity contribution in [3.05, 3.63) is 35.6 Å². The molecule has 4 rings (SSSR count). The Balaban J connectivity index is 1.43. The van der Waals surface area contributed by atoms with Gasteiger partial charge in [0.25, 0.3) is 10.0 Å². The van der Waals surface area contributed by atoms with Crippen molar-refractivity contribution in [1.82, 2.24) is 25.1 Å². The van der Waals surface area contributed by atoms with E-state index in [1.165, 1.54) is 6.07 Å². The van der Waals surface area contributed by atoms with Crippen LogP contribution in [-0.2, 0) is 22.7 Å². The average molecular weight is 431 g/mol. The number of alkyl halides is 3.